The second-order valence-corrected chi connectivity index (χ2v) is 4.93. The van der Waals surface area contributed by atoms with E-state index in [1.165, 1.54) is 11.1 Å². The van der Waals surface area contributed by atoms with E-state index in [-0.39, 0.29) is 6.10 Å². The number of rotatable bonds is 6. The SMILES string of the molecule is CCC(C)CC(O)CCc1ccc(C)cc1. The third-order valence-electron chi connectivity index (χ3n) is 3.26. The van der Waals surface area contributed by atoms with Gasteiger partial charge in [-0.2, -0.15) is 0 Å². The van der Waals surface area contributed by atoms with Crippen LogP contribution < -0.4 is 0 Å². The van der Waals surface area contributed by atoms with Crippen LogP contribution in [-0.4, -0.2) is 11.2 Å². The average molecular weight is 220 g/mol. The Morgan fingerprint density at radius 1 is 1.19 bits per heavy atom. The second kappa shape index (κ2) is 6.70. The van der Waals surface area contributed by atoms with E-state index in [0.717, 1.165) is 25.7 Å². The van der Waals surface area contributed by atoms with Gasteiger partial charge >= 0.3 is 0 Å². The van der Waals surface area contributed by atoms with Gasteiger partial charge in [0, 0.05) is 0 Å². The Morgan fingerprint density at radius 2 is 1.81 bits per heavy atom. The molecule has 90 valence electrons. The maximum Gasteiger partial charge on any atom is 0.0546 e. The van der Waals surface area contributed by atoms with Crippen LogP contribution >= 0.6 is 0 Å². The molecule has 16 heavy (non-hydrogen) atoms. The van der Waals surface area contributed by atoms with E-state index < -0.39 is 0 Å². The zero-order valence-corrected chi connectivity index (χ0v) is 10.7. The van der Waals surface area contributed by atoms with E-state index in [1.54, 1.807) is 0 Å². The molecule has 1 nitrogen and oxygen atoms in total. The van der Waals surface area contributed by atoms with Crippen molar-refractivity contribution in [1.29, 1.82) is 0 Å². The van der Waals surface area contributed by atoms with Crippen LogP contribution in [0, 0.1) is 12.8 Å². The van der Waals surface area contributed by atoms with Gasteiger partial charge in [0.1, 0.15) is 0 Å². The number of aryl methyl sites for hydroxylation is 2. The first-order valence-electron chi connectivity index (χ1n) is 6.35. The predicted molar refractivity (Wildman–Crippen MR) is 69.6 cm³/mol. The Kier molecular flexibility index (Phi) is 5.54. The van der Waals surface area contributed by atoms with Crippen LogP contribution in [0.3, 0.4) is 0 Å². The molecule has 0 aromatic heterocycles. The van der Waals surface area contributed by atoms with Crippen LogP contribution in [0.2, 0.25) is 0 Å². The van der Waals surface area contributed by atoms with Gasteiger partial charge in [-0.15, -0.1) is 0 Å². The third-order valence-corrected chi connectivity index (χ3v) is 3.26. The van der Waals surface area contributed by atoms with Crippen LogP contribution in [-0.2, 0) is 6.42 Å². The normalized spacial score (nSPS) is 14.8. The molecule has 0 aliphatic rings. The summed E-state index contributed by atoms with van der Waals surface area (Å²) in [4.78, 5) is 0. The third kappa shape index (κ3) is 4.80. The Bertz CT molecular complexity index is 289. The summed E-state index contributed by atoms with van der Waals surface area (Å²) in [6.07, 6.45) is 3.81. The number of benzene rings is 1. The van der Waals surface area contributed by atoms with Crippen LogP contribution in [0.4, 0.5) is 0 Å². The smallest absolute Gasteiger partial charge is 0.0546 e. The molecule has 2 atom stereocenters. The van der Waals surface area contributed by atoms with Crippen molar-refractivity contribution in [2.45, 2.75) is 52.6 Å². The van der Waals surface area contributed by atoms with E-state index in [9.17, 15) is 5.11 Å². The van der Waals surface area contributed by atoms with Crippen molar-refractivity contribution in [3.63, 3.8) is 0 Å². The van der Waals surface area contributed by atoms with Crippen LogP contribution in [0.5, 0.6) is 0 Å². The van der Waals surface area contributed by atoms with Gasteiger partial charge in [-0.05, 0) is 37.7 Å². The maximum atomic E-state index is 9.87. The van der Waals surface area contributed by atoms with Crippen molar-refractivity contribution < 1.29 is 5.11 Å². The Morgan fingerprint density at radius 3 is 2.38 bits per heavy atom. The monoisotopic (exact) mass is 220 g/mol. The lowest BCUT2D eigenvalue weighted by molar-refractivity contribution is 0.135. The molecule has 2 unspecified atom stereocenters. The molecular weight excluding hydrogens is 196 g/mol. The molecular formula is C15H24O. The fraction of sp³-hybridized carbons (Fsp3) is 0.600. The molecule has 0 aliphatic carbocycles. The second-order valence-electron chi connectivity index (χ2n) is 4.93. The van der Waals surface area contributed by atoms with Crippen LogP contribution in [0.15, 0.2) is 24.3 Å². The molecule has 1 N–H and O–H groups in total. The Balaban J connectivity index is 2.31. The molecule has 0 heterocycles. The fourth-order valence-corrected chi connectivity index (χ4v) is 1.84. The minimum Gasteiger partial charge on any atom is -0.393 e. The summed E-state index contributed by atoms with van der Waals surface area (Å²) in [5.74, 6) is 0.632. The largest absolute Gasteiger partial charge is 0.393 e. The van der Waals surface area contributed by atoms with Gasteiger partial charge in [-0.25, -0.2) is 0 Å². The minimum atomic E-state index is -0.142. The molecule has 1 rings (SSSR count). The maximum absolute atomic E-state index is 9.87. The highest BCUT2D eigenvalue weighted by molar-refractivity contribution is 5.21. The summed E-state index contributed by atoms with van der Waals surface area (Å²) in [6, 6.07) is 8.59. The fourth-order valence-electron chi connectivity index (χ4n) is 1.84. The number of hydrogen-bond donors (Lipinski definition) is 1. The lowest BCUT2D eigenvalue weighted by Gasteiger charge is -2.14. The minimum absolute atomic E-state index is 0.142. The number of hydrogen-bond acceptors (Lipinski definition) is 1. The highest BCUT2D eigenvalue weighted by atomic mass is 16.3. The van der Waals surface area contributed by atoms with Crippen molar-refractivity contribution in [2.24, 2.45) is 5.92 Å². The molecule has 0 saturated heterocycles. The molecule has 0 radical (unpaired) electrons. The van der Waals surface area contributed by atoms with E-state index in [0.29, 0.717) is 5.92 Å². The first-order valence-corrected chi connectivity index (χ1v) is 6.35. The summed E-state index contributed by atoms with van der Waals surface area (Å²) < 4.78 is 0. The van der Waals surface area contributed by atoms with Gasteiger partial charge in [0.05, 0.1) is 6.10 Å². The summed E-state index contributed by atoms with van der Waals surface area (Å²) in [5.41, 5.74) is 2.62. The molecule has 0 aliphatic heterocycles. The first kappa shape index (κ1) is 13.2. The molecule has 0 bridgehead atoms. The zero-order chi connectivity index (χ0) is 12.0. The van der Waals surface area contributed by atoms with Gasteiger partial charge in [-0.1, -0.05) is 50.1 Å². The summed E-state index contributed by atoms with van der Waals surface area (Å²) in [6.45, 7) is 6.48. The molecule has 0 saturated carbocycles. The quantitative estimate of drug-likeness (QED) is 0.774. The van der Waals surface area contributed by atoms with E-state index in [2.05, 4.69) is 45.0 Å². The number of aliphatic hydroxyl groups is 1. The summed E-state index contributed by atoms with van der Waals surface area (Å²) >= 11 is 0. The van der Waals surface area contributed by atoms with Crippen LogP contribution in [0.25, 0.3) is 0 Å². The first-order chi connectivity index (χ1) is 7.61. The van der Waals surface area contributed by atoms with Crippen LogP contribution in [0.1, 0.15) is 44.2 Å². The molecule has 0 amide bonds. The van der Waals surface area contributed by atoms with Gasteiger partial charge < -0.3 is 5.11 Å². The van der Waals surface area contributed by atoms with Gasteiger partial charge in [0.15, 0.2) is 0 Å². The lowest BCUT2D eigenvalue weighted by atomic mass is 9.97. The average Bonchev–Trinajstić information content (AvgIpc) is 2.28. The molecule has 0 fully saturated rings. The van der Waals surface area contributed by atoms with Crippen molar-refractivity contribution in [2.75, 3.05) is 0 Å². The van der Waals surface area contributed by atoms with E-state index in [1.807, 2.05) is 0 Å². The van der Waals surface area contributed by atoms with E-state index >= 15 is 0 Å². The highest BCUT2D eigenvalue weighted by Crippen LogP contribution is 2.14. The molecule has 1 heteroatoms. The summed E-state index contributed by atoms with van der Waals surface area (Å²) in [7, 11) is 0. The predicted octanol–water partition coefficient (Wildman–Crippen LogP) is 3.72. The molecule has 1 aromatic rings. The van der Waals surface area contributed by atoms with Gasteiger partial charge in [0.2, 0.25) is 0 Å². The Hall–Kier alpha value is -0.820. The lowest BCUT2D eigenvalue weighted by Crippen LogP contribution is -2.12. The zero-order valence-electron chi connectivity index (χ0n) is 10.7. The highest BCUT2D eigenvalue weighted by Gasteiger charge is 2.08. The van der Waals surface area contributed by atoms with Crippen molar-refractivity contribution in [1.82, 2.24) is 0 Å². The molecule has 1 aromatic carbocycles. The van der Waals surface area contributed by atoms with Gasteiger partial charge in [-0.3, -0.25) is 0 Å². The van der Waals surface area contributed by atoms with Gasteiger partial charge in [0.25, 0.3) is 0 Å². The number of aliphatic hydroxyl groups excluding tert-OH is 1. The van der Waals surface area contributed by atoms with Crippen molar-refractivity contribution in [3.05, 3.63) is 35.4 Å². The van der Waals surface area contributed by atoms with Crippen molar-refractivity contribution in [3.8, 4) is 0 Å². The summed E-state index contributed by atoms with van der Waals surface area (Å²) in [5, 5.41) is 9.87. The van der Waals surface area contributed by atoms with Crippen molar-refractivity contribution >= 4 is 0 Å². The molecule has 0 spiro atoms. The Labute approximate surface area is 99.5 Å². The van der Waals surface area contributed by atoms with E-state index in [4.69, 9.17) is 0 Å². The topological polar surface area (TPSA) is 20.2 Å². The standard InChI is InChI=1S/C15H24O/c1-4-12(2)11-15(16)10-9-14-7-5-13(3)6-8-14/h5-8,12,15-16H,4,9-11H2,1-3H3.